The second-order valence-corrected chi connectivity index (χ2v) is 6.60. The molecule has 0 bridgehead atoms. The number of anilines is 1. The maximum atomic E-state index is 12.4. The van der Waals surface area contributed by atoms with Crippen LogP contribution >= 0.6 is 0 Å². The van der Waals surface area contributed by atoms with Crippen LogP contribution in [0.1, 0.15) is 53.3 Å². The summed E-state index contributed by atoms with van der Waals surface area (Å²) in [5.74, 6) is 0.488. The van der Waals surface area contributed by atoms with Crippen molar-refractivity contribution in [3.63, 3.8) is 0 Å². The molecule has 5 heteroatoms. The van der Waals surface area contributed by atoms with Gasteiger partial charge in [0.1, 0.15) is 6.26 Å². The Morgan fingerprint density at radius 2 is 1.81 bits per heavy atom. The van der Waals surface area contributed by atoms with Crippen molar-refractivity contribution in [3.05, 3.63) is 83.6 Å². The summed E-state index contributed by atoms with van der Waals surface area (Å²) in [5.41, 5.74) is 9.40. The smallest absolute Gasteiger partial charge is 0.277 e. The Labute approximate surface area is 153 Å². The number of hydrogen-bond acceptors (Lipinski definition) is 4. The van der Waals surface area contributed by atoms with E-state index in [9.17, 15) is 4.79 Å². The third-order valence-corrected chi connectivity index (χ3v) is 4.21. The third kappa shape index (κ3) is 4.37. The molecule has 0 radical (unpaired) electrons. The molecule has 26 heavy (non-hydrogen) atoms. The Morgan fingerprint density at radius 3 is 2.46 bits per heavy atom. The van der Waals surface area contributed by atoms with E-state index in [0.29, 0.717) is 18.2 Å². The molecule has 0 saturated heterocycles. The summed E-state index contributed by atoms with van der Waals surface area (Å²) < 4.78 is 5.41. The molecular formula is C21H23N3O2. The molecule has 3 rings (SSSR count). The molecule has 1 amide bonds. The first-order valence-electron chi connectivity index (χ1n) is 8.69. The average molecular weight is 349 g/mol. The molecule has 5 nitrogen and oxygen atoms in total. The molecule has 0 fully saturated rings. The average Bonchev–Trinajstić information content (AvgIpc) is 3.13. The van der Waals surface area contributed by atoms with Gasteiger partial charge in [0.2, 0.25) is 5.89 Å². The quantitative estimate of drug-likeness (QED) is 0.695. The minimum Gasteiger partial charge on any atom is -0.446 e. The van der Waals surface area contributed by atoms with Gasteiger partial charge in [0, 0.05) is 5.69 Å². The summed E-state index contributed by atoms with van der Waals surface area (Å²) in [5, 5.41) is 2.82. The van der Waals surface area contributed by atoms with Gasteiger partial charge in [0.25, 0.3) is 5.91 Å². The Morgan fingerprint density at radius 1 is 1.12 bits per heavy atom. The first-order chi connectivity index (χ1) is 12.5. The van der Waals surface area contributed by atoms with Crippen LogP contribution in [-0.2, 0) is 6.42 Å². The van der Waals surface area contributed by atoms with E-state index in [-0.39, 0.29) is 11.6 Å². The van der Waals surface area contributed by atoms with E-state index in [2.05, 4.69) is 24.1 Å². The fourth-order valence-corrected chi connectivity index (χ4v) is 2.66. The van der Waals surface area contributed by atoms with Gasteiger partial charge in [0.15, 0.2) is 5.69 Å². The summed E-state index contributed by atoms with van der Waals surface area (Å²) in [6, 6.07) is 17.2. The van der Waals surface area contributed by atoms with Gasteiger partial charge in [-0.15, -0.1) is 0 Å². The minimum absolute atomic E-state index is 0.219. The van der Waals surface area contributed by atoms with Gasteiger partial charge in [-0.2, -0.15) is 0 Å². The SMILES string of the molecule is CC(C)c1ccc(NC(=O)c2coc(C(N)Cc3ccccc3)n2)cc1. The highest BCUT2D eigenvalue weighted by molar-refractivity contribution is 6.02. The summed E-state index contributed by atoms with van der Waals surface area (Å²) in [6.07, 6.45) is 1.94. The molecule has 1 unspecified atom stereocenters. The molecule has 1 atom stereocenters. The van der Waals surface area contributed by atoms with Crippen LogP contribution in [0.15, 0.2) is 65.3 Å². The van der Waals surface area contributed by atoms with Crippen molar-refractivity contribution in [1.29, 1.82) is 0 Å². The van der Waals surface area contributed by atoms with E-state index in [1.807, 2.05) is 54.6 Å². The number of carbonyl (C=O) groups is 1. The number of benzene rings is 2. The number of hydrogen-bond donors (Lipinski definition) is 2. The molecule has 0 aliphatic carbocycles. The summed E-state index contributed by atoms with van der Waals surface area (Å²) in [6.45, 7) is 4.26. The van der Waals surface area contributed by atoms with E-state index >= 15 is 0 Å². The summed E-state index contributed by atoms with van der Waals surface area (Å²) in [7, 11) is 0. The number of rotatable bonds is 6. The first-order valence-corrected chi connectivity index (χ1v) is 8.69. The predicted octanol–water partition coefficient (Wildman–Crippen LogP) is 4.29. The molecule has 0 saturated carbocycles. The van der Waals surface area contributed by atoms with Crippen LogP contribution in [0.3, 0.4) is 0 Å². The lowest BCUT2D eigenvalue weighted by atomic mass is 10.0. The number of oxazole rings is 1. The molecule has 0 aliphatic rings. The molecule has 134 valence electrons. The van der Waals surface area contributed by atoms with Crippen molar-refractivity contribution in [2.75, 3.05) is 5.32 Å². The Hall–Kier alpha value is -2.92. The molecule has 3 N–H and O–H groups in total. The van der Waals surface area contributed by atoms with Gasteiger partial charge in [0.05, 0.1) is 6.04 Å². The second kappa shape index (κ2) is 7.97. The van der Waals surface area contributed by atoms with E-state index in [4.69, 9.17) is 10.2 Å². The predicted molar refractivity (Wildman–Crippen MR) is 102 cm³/mol. The maximum Gasteiger partial charge on any atom is 0.277 e. The van der Waals surface area contributed by atoms with Crippen LogP contribution < -0.4 is 11.1 Å². The zero-order valence-electron chi connectivity index (χ0n) is 15.0. The van der Waals surface area contributed by atoms with Crippen molar-refractivity contribution < 1.29 is 9.21 Å². The van der Waals surface area contributed by atoms with Gasteiger partial charge in [-0.1, -0.05) is 56.3 Å². The Kier molecular flexibility index (Phi) is 5.49. The zero-order chi connectivity index (χ0) is 18.5. The fourth-order valence-electron chi connectivity index (χ4n) is 2.66. The number of carbonyl (C=O) groups excluding carboxylic acids is 1. The molecule has 1 heterocycles. The highest BCUT2D eigenvalue weighted by Gasteiger charge is 2.17. The fraction of sp³-hybridized carbons (Fsp3) is 0.238. The molecule has 0 aliphatic heterocycles. The maximum absolute atomic E-state index is 12.4. The topological polar surface area (TPSA) is 81.2 Å². The van der Waals surface area contributed by atoms with Gasteiger partial charge in [-0.25, -0.2) is 4.98 Å². The van der Waals surface area contributed by atoms with E-state index in [1.165, 1.54) is 11.8 Å². The Balaban J connectivity index is 1.64. The van der Waals surface area contributed by atoms with Crippen LogP contribution in [-0.4, -0.2) is 10.9 Å². The summed E-state index contributed by atoms with van der Waals surface area (Å²) in [4.78, 5) is 16.6. The normalized spacial score (nSPS) is 12.2. The number of aromatic nitrogens is 1. The van der Waals surface area contributed by atoms with Gasteiger partial charge >= 0.3 is 0 Å². The standard InChI is InChI=1S/C21H23N3O2/c1-14(2)16-8-10-17(11-9-16)23-20(25)19-13-26-21(24-19)18(22)12-15-6-4-3-5-7-15/h3-11,13-14,18H,12,22H2,1-2H3,(H,23,25). The van der Waals surface area contributed by atoms with Crippen LogP contribution in [0.2, 0.25) is 0 Å². The van der Waals surface area contributed by atoms with Crippen molar-refractivity contribution >= 4 is 11.6 Å². The number of nitrogens with two attached hydrogens (primary N) is 1. The van der Waals surface area contributed by atoms with Gasteiger partial charge < -0.3 is 15.5 Å². The lowest BCUT2D eigenvalue weighted by Gasteiger charge is -2.08. The van der Waals surface area contributed by atoms with Gasteiger partial charge in [-0.05, 0) is 35.6 Å². The van der Waals surface area contributed by atoms with Crippen molar-refractivity contribution in [2.45, 2.75) is 32.2 Å². The molecule has 0 spiro atoms. The van der Waals surface area contributed by atoms with Gasteiger partial charge in [-0.3, -0.25) is 4.79 Å². The highest BCUT2D eigenvalue weighted by Crippen LogP contribution is 2.19. The highest BCUT2D eigenvalue weighted by atomic mass is 16.3. The van der Waals surface area contributed by atoms with Crippen LogP contribution in [0, 0.1) is 0 Å². The monoisotopic (exact) mass is 349 g/mol. The Bertz CT molecular complexity index is 854. The molecule has 1 aromatic heterocycles. The van der Waals surface area contributed by atoms with Crippen LogP contribution in [0.25, 0.3) is 0 Å². The lowest BCUT2D eigenvalue weighted by molar-refractivity contribution is 0.102. The largest absolute Gasteiger partial charge is 0.446 e. The van der Waals surface area contributed by atoms with E-state index in [0.717, 1.165) is 11.3 Å². The minimum atomic E-state index is -0.399. The van der Waals surface area contributed by atoms with E-state index < -0.39 is 6.04 Å². The summed E-state index contributed by atoms with van der Waals surface area (Å²) >= 11 is 0. The molecular weight excluding hydrogens is 326 g/mol. The van der Waals surface area contributed by atoms with Crippen molar-refractivity contribution in [3.8, 4) is 0 Å². The molecule has 2 aromatic carbocycles. The number of nitrogens with one attached hydrogen (secondary N) is 1. The first kappa shape index (κ1) is 17.9. The molecule has 3 aromatic rings. The lowest BCUT2D eigenvalue weighted by Crippen LogP contribution is -2.16. The zero-order valence-corrected chi connectivity index (χ0v) is 15.0. The van der Waals surface area contributed by atoms with Crippen molar-refractivity contribution in [2.24, 2.45) is 5.73 Å². The number of nitrogens with zero attached hydrogens (tertiary/aromatic N) is 1. The second-order valence-electron chi connectivity index (χ2n) is 6.60. The van der Waals surface area contributed by atoms with Crippen LogP contribution in [0.4, 0.5) is 5.69 Å². The third-order valence-electron chi connectivity index (χ3n) is 4.21. The van der Waals surface area contributed by atoms with E-state index in [1.54, 1.807) is 0 Å². The van der Waals surface area contributed by atoms with Crippen LogP contribution in [0.5, 0.6) is 0 Å². The number of amides is 1. The van der Waals surface area contributed by atoms with Crippen molar-refractivity contribution in [1.82, 2.24) is 4.98 Å².